The van der Waals surface area contributed by atoms with Crippen LogP contribution in [0.1, 0.15) is 12.0 Å². The van der Waals surface area contributed by atoms with Crippen molar-refractivity contribution in [1.82, 2.24) is 0 Å². The summed E-state index contributed by atoms with van der Waals surface area (Å²) in [5.74, 6) is 0. The van der Waals surface area contributed by atoms with Crippen molar-refractivity contribution in [3.63, 3.8) is 0 Å². The highest BCUT2D eigenvalue weighted by molar-refractivity contribution is 7.80. The standard InChI is InChI=1S/C12H15ClN2OS/c1-15(9-4-5-16-7-9)8-2-3-10(12(14)17)11(13)6-8/h2-3,6,9H,4-5,7H2,1H3,(H2,14,17). The Bertz CT molecular complexity index is 433. The van der Waals surface area contributed by atoms with Crippen LogP contribution in [0.2, 0.25) is 5.02 Å². The van der Waals surface area contributed by atoms with Crippen LogP contribution in [0.3, 0.4) is 0 Å². The van der Waals surface area contributed by atoms with Crippen LogP contribution in [0.5, 0.6) is 0 Å². The lowest BCUT2D eigenvalue weighted by Crippen LogP contribution is -2.31. The lowest BCUT2D eigenvalue weighted by Gasteiger charge is -2.25. The number of ether oxygens (including phenoxy) is 1. The number of nitrogens with two attached hydrogens (primary N) is 1. The number of likely N-dealkylation sites (N-methyl/N-ethyl adjacent to an activating group) is 1. The van der Waals surface area contributed by atoms with Crippen molar-refractivity contribution >= 4 is 34.5 Å². The quantitative estimate of drug-likeness (QED) is 0.855. The molecular formula is C12H15ClN2OS. The molecule has 5 heteroatoms. The highest BCUT2D eigenvalue weighted by Crippen LogP contribution is 2.26. The molecule has 1 aliphatic rings. The van der Waals surface area contributed by atoms with Gasteiger partial charge >= 0.3 is 0 Å². The lowest BCUT2D eigenvalue weighted by molar-refractivity contribution is 0.193. The van der Waals surface area contributed by atoms with Crippen LogP contribution in [-0.2, 0) is 4.74 Å². The normalized spacial score (nSPS) is 19.3. The number of anilines is 1. The fourth-order valence-electron chi connectivity index (χ4n) is 1.96. The van der Waals surface area contributed by atoms with Gasteiger partial charge in [-0.2, -0.15) is 0 Å². The highest BCUT2D eigenvalue weighted by Gasteiger charge is 2.21. The van der Waals surface area contributed by atoms with Crippen LogP contribution in [0.15, 0.2) is 18.2 Å². The Morgan fingerprint density at radius 2 is 2.35 bits per heavy atom. The maximum atomic E-state index is 6.15. The van der Waals surface area contributed by atoms with Crippen LogP contribution >= 0.6 is 23.8 Å². The van der Waals surface area contributed by atoms with E-state index in [1.807, 2.05) is 25.2 Å². The molecule has 0 aliphatic carbocycles. The number of nitrogens with zero attached hydrogens (tertiary/aromatic N) is 1. The molecule has 2 rings (SSSR count). The van der Waals surface area contributed by atoms with Crippen LogP contribution < -0.4 is 10.6 Å². The Balaban J connectivity index is 2.21. The summed E-state index contributed by atoms with van der Waals surface area (Å²) in [6, 6.07) is 6.17. The predicted octanol–water partition coefficient (Wildman–Crippen LogP) is 2.20. The van der Waals surface area contributed by atoms with Gasteiger partial charge < -0.3 is 15.4 Å². The first-order chi connectivity index (χ1) is 8.09. The van der Waals surface area contributed by atoms with Crippen molar-refractivity contribution in [2.24, 2.45) is 5.73 Å². The van der Waals surface area contributed by atoms with Gasteiger partial charge in [0.25, 0.3) is 0 Å². The summed E-state index contributed by atoms with van der Waals surface area (Å²) in [6.45, 7) is 1.60. The van der Waals surface area contributed by atoms with Crippen LogP contribution in [-0.4, -0.2) is 31.3 Å². The van der Waals surface area contributed by atoms with Gasteiger partial charge in [0.2, 0.25) is 0 Å². The second kappa shape index (κ2) is 5.21. The molecule has 3 nitrogen and oxygen atoms in total. The minimum atomic E-state index is 0.327. The first-order valence-electron chi connectivity index (χ1n) is 5.49. The summed E-state index contributed by atoms with van der Waals surface area (Å²) in [5, 5.41) is 0.598. The van der Waals surface area contributed by atoms with E-state index in [0.717, 1.165) is 30.9 Å². The van der Waals surface area contributed by atoms with Gasteiger partial charge in [0.15, 0.2) is 0 Å². The monoisotopic (exact) mass is 270 g/mol. The van der Waals surface area contributed by atoms with Gasteiger partial charge in [0.05, 0.1) is 17.7 Å². The molecule has 17 heavy (non-hydrogen) atoms. The van der Waals surface area contributed by atoms with E-state index in [4.69, 9.17) is 34.3 Å². The molecule has 1 heterocycles. The van der Waals surface area contributed by atoms with Gasteiger partial charge in [-0.1, -0.05) is 23.8 Å². The average molecular weight is 271 g/mol. The Morgan fingerprint density at radius 1 is 1.59 bits per heavy atom. The van der Waals surface area contributed by atoms with Crippen molar-refractivity contribution in [3.05, 3.63) is 28.8 Å². The summed E-state index contributed by atoms with van der Waals surface area (Å²) in [4.78, 5) is 2.51. The van der Waals surface area contributed by atoms with Crippen molar-refractivity contribution < 1.29 is 4.74 Å². The van der Waals surface area contributed by atoms with Crippen molar-refractivity contribution in [2.75, 3.05) is 25.2 Å². The van der Waals surface area contributed by atoms with E-state index in [2.05, 4.69) is 4.90 Å². The Kier molecular flexibility index (Phi) is 3.86. The Labute approximate surface area is 111 Å². The maximum Gasteiger partial charge on any atom is 0.105 e. The molecule has 1 unspecified atom stereocenters. The number of rotatable bonds is 3. The number of halogens is 1. The van der Waals surface area contributed by atoms with E-state index in [0.29, 0.717) is 16.1 Å². The molecule has 0 saturated carbocycles. The van der Waals surface area contributed by atoms with Gasteiger partial charge in [0.1, 0.15) is 4.99 Å². The van der Waals surface area contributed by atoms with Gasteiger partial charge in [-0.25, -0.2) is 0 Å². The van der Waals surface area contributed by atoms with E-state index in [1.54, 1.807) is 0 Å². The second-order valence-electron chi connectivity index (χ2n) is 4.16. The molecule has 0 aromatic heterocycles. The molecule has 1 aromatic rings. The summed E-state index contributed by atoms with van der Waals surface area (Å²) in [5.41, 5.74) is 7.36. The summed E-state index contributed by atoms with van der Waals surface area (Å²) in [7, 11) is 2.05. The highest BCUT2D eigenvalue weighted by atomic mass is 35.5. The minimum Gasteiger partial charge on any atom is -0.389 e. The molecule has 0 spiro atoms. The third kappa shape index (κ3) is 2.70. The van der Waals surface area contributed by atoms with E-state index < -0.39 is 0 Å². The zero-order valence-corrected chi connectivity index (χ0v) is 11.2. The molecule has 2 N–H and O–H groups in total. The third-order valence-electron chi connectivity index (χ3n) is 3.08. The van der Waals surface area contributed by atoms with E-state index in [1.165, 1.54) is 0 Å². The number of hydrogen-bond acceptors (Lipinski definition) is 3. The van der Waals surface area contributed by atoms with E-state index in [9.17, 15) is 0 Å². The van der Waals surface area contributed by atoms with Gasteiger partial charge in [-0.15, -0.1) is 0 Å². The number of benzene rings is 1. The average Bonchev–Trinajstić information content (AvgIpc) is 2.80. The predicted molar refractivity (Wildman–Crippen MR) is 75.0 cm³/mol. The second-order valence-corrected chi connectivity index (χ2v) is 5.00. The number of thiocarbonyl (C=S) groups is 1. The van der Waals surface area contributed by atoms with Crippen LogP contribution in [0.4, 0.5) is 5.69 Å². The van der Waals surface area contributed by atoms with Gasteiger partial charge in [-0.3, -0.25) is 0 Å². The SMILES string of the molecule is CN(c1ccc(C(N)=S)c(Cl)c1)C1CCOC1. The fraction of sp³-hybridized carbons (Fsp3) is 0.417. The van der Waals surface area contributed by atoms with Gasteiger partial charge in [-0.05, 0) is 24.6 Å². The topological polar surface area (TPSA) is 38.5 Å². The van der Waals surface area contributed by atoms with E-state index >= 15 is 0 Å². The maximum absolute atomic E-state index is 6.15. The van der Waals surface area contributed by atoms with Crippen LogP contribution in [0.25, 0.3) is 0 Å². The van der Waals surface area contributed by atoms with Crippen LogP contribution in [0, 0.1) is 0 Å². The molecule has 1 saturated heterocycles. The van der Waals surface area contributed by atoms with E-state index in [-0.39, 0.29) is 0 Å². The van der Waals surface area contributed by atoms with Gasteiger partial charge in [0, 0.05) is 24.9 Å². The smallest absolute Gasteiger partial charge is 0.105 e. The molecule has 1 atom stereocenters. The molecule has 1 fully saturated rings. The Hall–Kier alpha value is -0.840. The van der Waals surface area contributed by atoms with Crippen molar-refractivity contribution in [1.29, 1.82) is 0 Å². The molecule has 0 bridgehead atoms. The third-order valence-corrected chi connectivity index (χ3v) is 3.61. The summed E-state index contributed by atoms with van der Waals surface area (Å²) in [6.07, 6.45) is 1.05. The molecule has 1 aliphatic heterocycles. The minimum absolute atomic E-state index is 0.327. The zero-order chi connectivity index (χ0) is 12.4. The summed E-state index contributed by atoms with van der Waals surface area (Å²) >= 11 is 11.1. The van der Waals surface area contributed by atoms with Crippen molar-refractivity contribution in [2.45, 2.75) is 12.5 Å². The first-order valence-corrected chi connectivity index (χ1v) is 6.28. The molecule has 92 valence electrons. The lowest BCUT2D eigenvalue weighted by atomic mass is 10.1. The largest absolute Gasteiger partial charge is 0.389 e. The molecule has 0 radical (unpaired) electrons. The Morgan fingerprint density at radius 3 is 2.88 bits per heavy atom. The fourth-order valence-corrected chi connectivity index (χ4v) is 2.47. The summed E-state index contributed by atoms with van der Waals surface area (Å²) < 4.78 is 5.38. The first kappa shape index (κ1) is 12.6. The molecule has 1 aromatic carbocycles. The zero-order valence-electron chi connectivity index (χ0n) is 9.65. The van der Waals surface area contributed by atoms with Crippen molar-refractivity contribution in [3.8, 4) is 0 Å². The number of hydrogen-bond donors (Lipinski definition) is 1. The molecule has 0 amide bonds. The molecular weight excluding hydrogens is 256 g/mol.